The van der Waals surface area contributed by atoms with Crippen LogP contribution < -0.4 is 4.74 Å². The molecule has 0 heterocycles. The lowest BCUT2D eigenvalue weighted by atomic mass is 9.77. The van der Waals surface area contributed by atoms with Gasteiger partial charge in [-0.1, -0.05) is 31.7 Å². The summed E-state index contributed by atoms with van der Waals surface area (Å²) in [6.45, 7) is 0. The number of rotatable bonds is 3. The highest BCUT2D eigenvalue weighted by Gasteiger charge is 2.31. The van der Waals surface area contributed by atoms with E-state index in [1.807, 2.05) is 6.07 Å². The van der Waals surface area contributed by atoms with E-state index in [1.165, 1.54) is 31.2 Å². The van der Waals surface area contributed by atoms with E-state index >= 15 is 0 Å². The minimum absolute atomic E-state index is 0.162. The summed E-state index contributed by atoms with van der Waals surface area (Å²) in [6, 6.07) is 8.74. The van der Waals surface area contributed by atoms with E-state index in [1.54, 1.807) is 7.11 Å². The fourth-order valence-corrected chi connectivity index (χ4v) is 3.53. The number of nitrogens with zero attached hydrogens (tertiary/aromatic N) is 1. The summed E-state index contributed by atoms with van der Waals surface area (Å²) in [5.41, 5.74) is 1.06. The highest BCUT2D eigenvalue weighted by Crippen LogP contribution is 2.38. The SMILES string of the molecule is COc1ccc(CC2(C#N)CCCCCC2)cc1Br. The lowest BCUT2D eigenvalue weighted by Gasteiger charge is -2.25. The van der Waals surface area contributed by atoms with Crippen molar-refractivity contribution in [2.24, 2.45) is 5.41 Å². The van der Waals surface area contributed by atoms with Crippen LogP contribution in [0.2, 0.25) is 0 Å². The topological polar surface area (TPSA) is 33.0 Å². The molecule has 1 aliphatic carbocycles. The van der Waals surface area contributed by atoms with E-state index in [2.05, 4.69) is 34.1 Å². The van der Waals surface area contributed by atoms with E-state index in [4.69, 9.17) is 4.74 Å². The first-order valence-electron chi connectivity index (χ1n) is 6.93. The van der Waals surface area contributed by atoms with Crippen LogP contribution in [-0.2, 0) is 6.42 Å². The molecule has 0 aliphatic heterocycles. The number of halogens is 1. The summed E-state index contributed by atoms with van der Waals surface area (Å²) in [7, 11) is 1.67. The highest BCUT2D eigenvalue weighted by atomic mass is 79.9. The van der Waals surface area contributed by atoms with Crippen molar-refractivity contribution in [3.63, 3.8) is 0 Å². The highest BCUT2D eigenvalue weighted by molar-refractivity contribution is 9.10. The van der Waals surface area contributed by atoms with Crippen LogP contribution >= 0.6 is 15.9 Å². The van der Waals surface area contributed by atoms with Gasteiger partial charge in [0, 0.05) is 0 Å². The molecule has 0 bridgehead atoms. The second kappa shape index (κ2) is 6.43. The van der Waals surface area contributed by atoms with Crippen LogP contribution in [0, 0.1) is 16.7 Å². The molecule has 1 aromatic carbocycles. The quantitative estimate of drug-likeness (QED) is 0.744. The molecule has 0 atom stereocenters. The molecule has 102 valence electrons. The van der Waals surface area contributed by atoms with Crippen LogP contribution in [-0.4, -0.2) is 7.11 Å². The zero-order chi connectivity index (χ0) is 13.7. The molecule has 1 aliphatic rings. The van der Waals surface area contributed by atoms with E-state index in [0.717, 1.165) is 29.5 Å². The Morgan fingerprint density at radius 2 is 1.95 bits per heavy atom. The van der Waals surface area contributed by atoms with Crippen molar-refractivity contribution in [2.75, 3.05) is 7.11 Å². The molecule has 0 spiro atoms. The Kier molecular flexibility index (Phi) is 4.87. The summed E-state index contributed by atoms with van der Waals surface area (Å²) in [5.74, 6) is 0.843. The number of ether oxygens (including phenoxy) is 1. The molecular weight excluding hydrogens is 302 g/mol. The molecule has 1 saturated carbocycles. The van der Waals surface area contributed by atoms with E-state index in [-0.39, 0.29) is 5.41 Å². The third-order valence-corrected chi connectivity index (χ3v) is 4.68. The second-order valence-corrected chi connectivity index (χ2v) is 6.31. The summed E-state index contributed by atoms with van der Waals surface area (Å²) in [4.78, 5) is 0. The second-order valence-electron chi connectivity index (χ2n) is 5.45. The Balaban J connectivity index is 2.18. The Morgan fingerprint density at radius 3 is 2.47 bits per heavy atom. The minimum atomic E-state index is -0.162. The molecule has 0 amide bonds. The number of benzene rings is 1. The molecule has 0 radical (unpaired) electrons. The minimum Gasteiger partial charge on any atom is -0.496 e. The fraction of sp³-hybridized carbons (Fsp3) is 0.562. The van der Waals surface area contributed by atoms with Gasteiger partial charge >= 0.3 is 0 Å². The third kappa shape index (κ3) is 3.51. The van der Waals surface area contributed by atoms with E-state index < -0.39 is 0 Å². The molecule has 0 N–H and O–H groups in total. The maximum Gasteiger partial charge on any atom is 0.133 e. The van der Waals surface area contributed by atoms with Crippen molar-refractivity contribution in [3.8, 4) is 11.8 Å². The molecule has 0 saturated heterocycles. The molecule has 2 nitrogen and oxygen atoms in total. The van der Waals surface area contributed by atoms with Gasteiger partial charge in [0.2, 0.25) is 0 Å². The molecule has 0 aromatic heterocycles. The maximum absolute atomic E-state index is 9.61. The number of methoxy groups -OCH3 is 1. The average molecular weight is 322 g/mol. The molecule has 1 aromatic rings. The van der Waals surface area contributed by atoms with Gasteiger partial charge in [-0.3, -0.25) is 0 Å². The Labute approximate surface area is 123 Å². The first-order chi connectivity index (χ1) is 9.19. The zero-order valence-corrected chi connectivity index (χ0v) is 13.0. The Bertz CT molecular complexity index is 470. The average Bonchev–Trinajstić information content (AvgIpc) is 2.65. The molecule has 2 rings (SSSR count). The van der Waals surface area contributed by atoms with E-state index in [9.17, 15) is 5.26 Å². The third-order valence-electron chi connectivity index (χ3n) is 4.06. The standard InChI is InChI=1S/C16H20BrNO/c1-19-15-7-6-13(10-14(15)17)11-16(12-18)8-4-2-3-5-9-16/h6-7,10H,2-5,8-9,11H2,1H3. The van der Waals surface area contributed by atoms with Gasteiger partial charge in [-0.2, -0.15) is 5.26 Å². The van der Waals surface area contributed by atoms with Crippen molar-refractivity contribution in [2.45, 2.75) is 44.9 Å². The van der Waals surface area contributed by atoms with Crippen LogP contribution in [0.5, 0.6) is 5.75 Å². The van der Waals surface area contributed by atoms with Gasteiger partial charge in [-0.15, -0.1) is 0 Å². The lowest BCUT2D eigenvalue weighted by Crippen LogP contribution is -2.20. The van der Waals surface area contributed by atoms with Gasteiger partial charge in [-0.05, 0) is 52.9 Å². The predicted octanol–water partition coefficient (Wildman–Crippen LogP) is 4.86. The van der Waals surface area contributed by atoms with Crippen LogP contribution in [0.25, 0.3) is 0 Å². The van der Waals surface area contributed by atoms with Gasteiger partial charge in [0.15, 0.2) is 0 Å². The van der Waals surface area contributed by atoms with Gasteiger partial charge in [0.25, 0.3) is 0 Å². The first kappa shape index (κ1) is 14.4. The van der Waals surface area contributed by atoms with Crippen molar-refractivity contribution in [3.05, 3.63) is 28.2 Å². The van der Waals surface area contributed by atoms with Crippen molar-refractivity contribution >= 4 is 15.9 Å². The summed E-state index contributed by atoms with van der Waals surface area (Å²) >= 11 is 3.52. The van der Waals surface area contributed by atoms with Crippen molar-refractivity contribution < 1.29 is 4.74 Å². The zero-order valence-electron chi connectivity index (χ0n) is 11.4. The van der Waals surface area contributed by atoms with E-state index in [0.29, 0.717) is 0 Å². The van der Waals surface area contributed by atoms with Gasteiger partial charge < -0.3 is 4.74 Å². The number of nitriles is 1. The fourth-order valence-electron chi connectivity index (χ4n) is 2.94. The van der Waals surface area contributed by atoms with Crippen LogP contribution in [0.4, 0.5) is 0 Å². The molecule has 19 heavy (non-hydrogen) atoms. The van der Waals surface area contributed by atoms with Gasteiger partial charge in [-0.25, -0.2) is 0 Å². The first-order valence-corrected chi connectivity index (χ1v) is 7.72. The van der Waals surface area contributed by atoms with Crippen LogP contribution in [0.1, 0.15) is 44.1 Å². The smallest absolute Gasteiger partial charge is 0.133 e. The Hall–Kier alpha value is -1.01. The number of hydrogen-bond acceptors (Lipinski definition) is 2. The largest absolute Gasteiger partial charge is 0.496 e. The lowest BCUT2D eigenvalue weighted by molar-refractivity contribution is 0.338. The van der Waals surface area contributed by atoms with Crippen LogP contribution in [0.3, 0.4) is 0 Å². The molecule has 1 fully saturated rings. The molecule has 0 unspecified atom stereocenters. The molecular formula is C16H20BrNO. The van der Waals surface area contributed by atoms with Crippen LogP contribution in [0.15, 0.2) is 22.7 Å². The summed E-state index contributed by atoms with van der Waals surface area (Å²) in [5, 5.41) is 9.61. The van der Waals surface area contributed by atoms with Crippen molar-refractivity contribution in [1.82, 2.24) is 0 Å². The Morgan fingerprint density at radius 1 is 1.26 bits per heavy atom. The molecule has 3 heteroatoms. The van der Waals surface area contributed by atoms with Crippen molar-refractivity contribution in [1.29, 1.82) is 5.26 Å². The monoisotopic (exact) mass is 321 g/mol. The number of hydrogen-bond donors (Lipinski definition) is 0. The normalized spacial score (nSPS) is 18.4. The maximum atomic E-state index is 9.61. The summed E-state index contributed by atoms with van der Waals surface area (Å²) < 4.78 is 6.22. The van der Waals surface area contributed by atoms with Gasteiger partial charge in [0.1, 0.15) is 5.75 Å². The van der Waals surface area contributed by atoms with Gasteiger partial charge in [0.05, 0.1) is 23.1 Å². The summed E-state index contributed by atoms with van der Waals surface area (Å²) in [6.07, 6.45) is 7.84. The predicted molar refractivity (Wildman–Crippen MR) is 80.1 cm³/mol.